The molecule has 3 rings (SSSR count). The number of rotatable bonds is 0. The first kappa shape index (κ1) is 5.99. The highest BCUT2D eigenvalue weighted by atomic mass is 16.1. The number of carbonyl (C=O) groups excluding carboxylic acids is 1. The van der Waals surface area contributed by atoms with Gasteiger partial charge in [0.2, 0.25) is 0 Å². The quantitative estimate of drug-likeness (QED) is 0.479. The first-order chi connectivity index (χ1) is 5.27. The highest BCUT2D eigenvalue weighted by Crippen LogP contribution is 2.63. The molecule has 0 N–H and O–H groups in total. The molecule has 0 aromatic rings. The van der Waals surface area contributed by atoms with Crippen molar-refractivity contribution >= 4 is 5.78 Å². The highest BCUT2D eigenvalue weighted by Gasteiger charge is 2.61. The van der Waals surface area contributed by atoms with Crippen LogP contribution in [0.5, 0.6) is 0 Å². The van der Waals surface area contributed by atoms with Crippen LogP contribution < -0.4 is 0 Å². The molecule has 0 radical (unpaired) electrons. The molecule has 4 unspecified atom stereocenters. The van der Waals surface area contributed by atoms with E-state index in [4.69, 9.17) is 0 Å². The Kier molecular flexibility index (Phi) is 0.869. The Morgan fingerprint density at radius 1 is 1.36 bits per heavy atom. The van der Waals surface area contributed by atoms with E-state index in [1.807, 2.05) is 0 Å². The van der Waals surface area contributed by atoms with E-state index in [0.29, 0.717) is 11.7 Å². The van der Waals surface area contributed by atoms with Gasteiger partial charge in [0.05, 0.1) is 0 Å². The summed E-state index contributed by atoms with van der Waals surface area (Å²) in [5.74, 6) is 3.34. The van der Waals surface area contributed by atoms with Crippen LogP contribution in [0.15, 0.2) is 11.6 Å². The molecule has 0 aliphatic heterocycles. The maximum absolute atomic E-state index is 11.3. The zero-order valence-corrected chi connectivity index (χ0v) is 6.71. The molecule has 2 fully saturated rings. The smallest absolute Gasteiger partial charge is 0.140 e. The number of fused-ring (bicyclic) bond motifs is 1. The third-order valence-electron chi connectivity index (χ3n) is 3.64. The second-order valence-corrected chi connectivity index (χ2v) is 4.32. The Hall–Kier alpha value is -0.590. The number of hydrogen-bond donors (Lipinski definition) is 0. The van der Waals surface area contributed by atoms with Crippen LogP contribution in [0.3, 0.4) is 0 Å². The minimum absolute atomic E-state index is 0.346. The van der Waals surface area contributed by atoms with Gasteiger partial charge in [-0.3, -0.25) is 4.79 Å². The van der Waals surface area contributed by atoms with Crippen molar-refractivity contribution in [1.29, 1.82) is 0 Å². The van der Waals surface area contributed by atoms with Crippen LogP contribution in [0.4, 0.5) is 0 Å². The summed E-state index contributed by atoms with van der Waals surface area (Å²) in [6.45, 7) is 2.16. The van der Waals surface area contributed by atoms with Crippen molar-refractivity contribution in [2.24, 2.45) is 23.7 Å². The molecule has 2 saturated carbocycles. The van der Waals surface area contributed by atoms with Gasteiger partial charge in [-0.05, 0) is 31.1 Å². The topological polar surface area (TPSA) is 17.1 Å². The van der Waals surface area contributed by atoms with E-state index in [-0.39, 0.29) is 0 Å². The Bertz CT molecular complexity index is 264. The average Bonchev–Trinajstić information content (AvgIpc) is 2.49. The highest BCUT2D eigenvalue weighted by molar-refractivity contribution is 5.87. The normalized spacial score (nSPS) is 52.1. The van der Waals surface area contributed by atoms with Crippen molar-refractivity contribution in [3.63, 3.8) is 0 Å². The van der Waals surface area contributed by atoms with Gasteiger partial charge in [0.15, 0.2) is 0 Å². The van der Waals surface area contributed by atoms with Gasteiger partial charge in [-0.2, -0.15) is 0 Å². The molecule has 3 aliphatic rings. The van der Waals surface area contributed by atoms with E-state index in [2.05, 4.69) is 13.0 Å². The predicted molar refractivity (Wildman–Crippen MR) is 42.0 cm³/mol. The van der Waals surface area contributed by atoms with Gasteiger partial charge in [-0.25, -0.2) is 0 Å². The van der Waals surface area contributed by atoms with Crippen molar-refractivity contribution in [1.82, 2.24) is 0 Å². The van der Waals surface area contributed by atoms with Gasteiger partial charge in [-0.1, -0.05) is 11.6 Å². The van der Waals surface area contributed by atoms with E-state index in [1.54, 1.807) is 0 Å². The van der Waals surface area contributed by atoms with Gasteiger partial charge in [-0.15, -0.1) is 0 Å². The Labute approximate surface area is 66.5 Å². The molecule has 3 aliphatic carbocycles. The molecule has 0 aromatic carbocycles. The summed E-state index contributed by atoms with van der Waals surface area (Å²) < 4.78 is 0. The van der Waals surface area contributed by atoms with Gasteiger partial charge in [0.25, 0.3) is 0 Å². The molecule has 0 bridgehead atoms. The monoisotopic (exact) mass is 148 g/mol. The van der Waals surface area contributed by atoms with Gasteiger partial charge in [0, 0.05) is 12.3 Å². The van der Waals surface area contributed by atoms with Crippen LogP contribution in [0.1, 0.15) is 19.8 Å². The Balaban J connectivity index is 2.03. The summed E-state index contributed by atoms with van der Waals surface area (Å²) in [6, 6.07) is 0. The fraction of sp³-hybridized carbons (Fsp3) is 0.700. The van der Waals surface area contributed by atoms with E-state index in [9.17, 15) is 4.79 Å². The minimum Gasteiger partial charge on any atom is -0.299 e. The lowest BCUT2D eigenvalue weighted by molar-refractivity contribution is -0.120. The zero-order valence-electron chi connectivity index (χ0n) is 6.71. The number of ketones is 1. The fourth-order valence-corrected chi connectivity index (χ4v) is 3.12. The SMILES string of the molecule is CC1=CC2C(=O)CC3C(C1)C23. The third-order valence-corrected chi connectivity index (χ3v) is 3.64. The largest absolute Gasteiger partial charge is 0.299 e. The second-order valence-electron chi connectivity index (χ2n) is 4.32. The van der Waals surface area contributed by atoms with Crippen molar-refractivity contribution in [3.05, 3.63) is 11.6 Å². The first-order valence-corrected chi connectivity index (χ1v) is 4.47. The summed E-state index contributed by atoms with van der Waals surface area (Å²) in [5.41, 5.74) is 1.45. The molecule has 0 heterocycles. The zero-order chi connectivity index (χ0) is 7.59. The lowest BCUT2D eigenvalue weighted by atomic mass is 9.88. The van der Waals surface area contributed by atoms with Crippen molar-refractivity contribution < 1.29 is 4.79 Å². The van der Waals surface area contributed by atoms with Crippen LogP contribution in [-0.4, -0.2) is 5.78 Å². The van der Waals surface area contributed by atoms with Gasteiger partial charge >= 0.3 is 0 Å². The minimum atomic E-state index is 0.346. The summed E-state index contributed by atoms with van der Waals surface area (Å²) in [7, 11) is 0. The van der Waals surface area contributed by atoms with Crippen molar-refractivity contribution in [2.75, 3.05) is 0 Å². The van der Waals surface area contributed by atoms with Crippen LogP contribution in [0.2, 0.25) is 0 Å². The maximum Gasteiger partial charge on any atom is 0.140 e. The molecule has 0 spiro atoms. The fourth-order valence-electron chi connectivity index (χ4n) is 3.12. The van der Waals surface area contributed by atoms with E-state index < -0.39 is 0 Å². The Morgan fingerprint density at radius 3 is 2.91 bits per heavy atom. The first-order valence-electron chi connectivity index (χ1n) is 4.47. The maximum atomic E-state index is 11.3. The van der Waals surface area contributed by atoms with Crippen LogP contribution in [-0.2, 0) is 4.79 Å². The van der Waals surface area contributed by atoms with Gasteiger partial charge < -0.3 is 0 Å². The molecular weight excluding hydrogens is 136 g/mol. The summed E-state index contributed by atoms with van der Waals surface area (Å²) in [4.78, 5) is 11.3. The molecule has 11 heavy (non-hydrogen) atoms. The lowest BCUT2D eigenvalue weighted by Gasteiger charge is -2.16. The van der Waals surface area contributed by atoms with Crippen molar-refractivity contribution in [2.45, 2.75) is 19.8 Å². The van der Waals surface area contributed by atoms with Crippen LogP contribution in [0.25, 0.3) is 0 Å². The summed E-state index contributed by atoms with van der Waals surface area (Å²) in [5, 5.41) is 0. The molecule has 0 amide bonds. The third kappa shape index (κ3) is 0.597. The summed E-state index contributed by atoms with van der Waals surface area (Å²) >= 11 is 0. The number of Topliss-reactive ketones (excluding diaryl/α,β-unsaturated/α-hetero) is 1. The molecular formula is C10H12O. The second kappa shape index (κ2) is 1.60. The van der Waals surface area contributed by atoms with E-state index >= 15 is 0 Å². The number of allylic oxidation sites excluding steroid dienone is 2. The van der Waals surface area contributed by atoms with Crippen molar-refractivity contribution in [3.8, 4) is 0 Å². The average molecular weight is 148 g/mol. The number of carbonyl (C=O) groups is 1. The molecule has 4 atom stereocenters. The summed E-state index contributed by atoms with van der Waals surface area (Å²) in [6.07, 6.45) is 4.39. The Morgan fingerprint density at radius 2 is 2.09 bits per heavy atom. The molecule has 0 saturated heterocycles. The van der Waals surface area contributed by atoms with E-state index in [0.717, 1.165) is 24.2 Å². The number of hydrogen-bond acceptors (Lipinski definition) is 1. The van der Waals surface area contributed by atoms with Crippen LogP contribution in [0, 0.1) is 23.7 Å². The van der Waals surface area contributed by atoms with Crippen LogP contribution >= 0.6 is 0 Å². The molecule has 1 nitrogen and oxygen atoms in total. The standard InChI is InChI=1S/C10H12O/c1-5-2-6-7-4-9(11)8(3-5)10(6)7/h3,6-8,10H,2,4H2,1H3. The lowest BCUT2D eigenvalue weighted by Crippen LogP contribution is -2.15. The molecule has 0 aromatic heterocycles. The van der Waals surface area contributed by atoms with E-state index in [1.165, 1.54) is 12.0 Å². The predicted octanol–water partition coefficient (Wildman–Crippen LogP) is 1.79. The molecule has 58 valence electrons. The van der Waals surface area contributed by atoms with Gasteiger partial charge in [0.1, 0.15) is 5.78 Å². The molecule has 1 heteroatoms.